The number of thiophene rings is 1. The van der Waals surface area contributed by atoms with Crippen molar-refractivity contribution in [3.05, 3.63) is 22.0 Å². The summed E-state index contributed by atoms with van der Waals surface area (Å²) in [6, 6.07) is -0.573. The zero-order valence-electron chi connectivity index (χ0n) is 14.4. The zero-order valence-corrected chi connectivity index (χ0v) is 15.2. The molecule has 1 aliphatic rings. The lowest BCUT2D eigenvalue weighted by Gasteiger charge is -2.12. The van der Waals surface area contributed by atoms with Crippen LogP contribution in [0.25, 0.3) is 10.2 Å². The van der Waals surface area contributed by atoms with Gasteiger partial charge in [0.05, 0.1) is 10.6 Å². The Labute approximate surface area is 145 Å². The predicted octanol–water partition coefficient (Wildman–Crippen LogP) is 2.44. The van der Waals surface area contributed by atoms with Gasteiger partial charge in [0.25, 0.3) is 5.91 Å². The molecule has 7 heteroatoms. The minimum atomic E-state index is -0.573. The molecule has 2 amide bonds. The maximum atomic E-state index is 12.6. The van der Waals surface area contributed by atoms with Crippen LogP contribution in [0.2, 0.25) is 0 Å². The summed E-state index contributed by atoms with van der Waals surface area (Å²) in [5, 5.41) is 6.43. The van der Waals surface area contributed by atoms with Crippen LogP contribution >= 0.6 is 11.3 Å². The molecular formula is C17H22N4O2S. The zero-order chi connectivity index (χ0) is 17.4. The number of hydrogen-bond donors (Lipinski definition) is 2. The highest BCUT2D eigenvalue weighted by Crippen LogP contribution is 2.40. The Morgan fingerprint density at radius 3 is 2.62 bits per heavy atom. The van der Waals surface area contributed by atoms with E-state index in [2.05, 4.69) is 20.6 Å². The minimum Gasteiger partial charge on any atom is -0.355 e. The summed E-state index contributed by atoms with van der Waals surface area (Å²) in [5.74, 6) is 0.952. The van der Waals surface area contributed by atoms with Gasteiger partial charge in [0.15, 0.2) is 0 Å². The van der Waals surface area contributed by atoms with Crippen molar-refractivity contribution in [2.24, 2.45) is 0 Å². The highest BCUT2D eigenvalue weighted by atomic mass is 32.1. The number of carbonyl (C=O) groups excluding carboxylic acids is 2. The quantitative estimate of drug-likeness (QED) is 0.871. The van der Waals surface area contributed by atoms with Crippen LogP contribution in [0, 0.1) is 13.8 Å². The number of rotatable bonds is 5. The second-order valence-corrected chi connectivity index (χ2v) is 7.27. The fourth-order valence-corrected chi connectivity index (χ4v) is 3.90. The van der Waals surface area contributed by atoms with Gasteiger partial charge in [0, 0.05) is 17.8 Å². The van der Waals surface area contributed by atoms with Crippen molar-refractivity contribution in [2.45, 2.75) is 52.5 Å². The summed E-state index contributed by atoms with van der Waals surface area (Å²) >= 11 is 1.38. The Morgan fingerprint density at radius 2 is 2.00 bits per heavy atom. The Morgan fingerprint density at radius 1 is 1.29 bits per heavy atom. The second kappa shape index (κ2) is 6.47. The standard InChI is InChI=1S/C17H22N4O2S/c1-5-18-15(22)10(4)20-16(23)13-8(2)12-9(3)19-14(11-6-7-11)21-17(12)24-13/h10-11H,5-7H2,1-4H3,(H,18,22)(H,20,23)/t10-/m1/s1. The van der Waals surface area contributed by atoms with E-state index in [1.165, 1.54) is 11.3 Å². The van der Waals surface area contributed by atoms with Crippen LogP contribution in [0.1, 0.15) is 59.4 Å². The van der Waals surface area contributed by atoms with Crippen molar-refractivity contribution in [3.8, 4) is 0 Å². The largest absolute Gasteiger partial charge is 0.355 e. The van der Waals surface area contributed by atoms with Crippen molar-refractivity contribution in [1.82, 2.24) is 20.6 Å². The van der Waals surface area contributed by atoms with Crippen LogP contribution in [-0.4, -0.2) is 34.4 Å². The molecule has 0 aliphatic heterocycles. The number of nitrogens with one attached hydrogen (secondary N) is 2. The second-order valence-electron chi connectivity index (χ2n) is 6.27. The van der Waals surface area contributed by atoms with Gasteiger partial charge in [-0.2, -0.15) is 0 Å². The molecule has 3 rings (SSSR count). The number of aromatic nitrogens is 2. The smallest absolute Gasteiger partial charge is 0.262 e. The Bertz CT molecular complexity index is 811. The summed E-state index contributed by atoms with van der Waals surface area (Å²) in [5.41, 5.74) is 1.81. The molecule has 2 aromatic rings. The van der Waals surface area contributed by atoms with Crippen LogP contribution in [0.5, 0.6) is 0 Å². The molecule has 2 heterocycles. The number of hydrogen-bond acceptors (Lipinski definition) is 5. The average molecular weight is 346 g/mol. The van der Waals surface area contributed by atoms with Gasteiger partial charge in [-0.25, -0.2) is 9.97 Å². The fraction of sp³-hybridized carbons (Fsp3) is 0.529. The van der Waals surface area contributed by atoms with E-state index in [1.54, 1.807) is 6.92 Å². The third-order valence-corrected chi connectivity index (χ3v) is 5.41. The lowest BCUT2D eigenvalue weighted by atomic mass is 10.1. The van der Waals surface area contributed by atoms with E-state index in [0.717, 1.165) is 40.1 Å². The van der Waals surface area contributed by atoms with Gasteiger partial charge in [0.2, 0.25) is 5.91 Å². The number of carbonyl (C=O) groups is 2. The molecule has 1 aliphatic carbocycles. The van der Waals surface area contributed by atoms with Crippen LogP contribution in [0.3, 0.4) is 0 Å². The van der Waals surface area contributed by atoms with Crippen molar-refractivity contribution < 1.29 is 9.59 Å². The van der Waals surface area contributed by atoms with Crippen LogP contribution < -0.4 is 10.6 Å². The Kier molecular flexibility index (Phi) is 4.54. The summed E-state index contributed by atoms with van der Waals surface area (Å²) < 4.78 is 0. The molecular weight excluding hydrogens is 324 g/mol. The highest BCUT2D eigenvalue weighted by Gasteiger charge is 2.29. The third kappa shape index (κ3) is 3.13. The molecule has 0 radical (unpaired) electrons. The van der Waals surface area contributed by atoms with Crippen LogP contribution in [-0.2, 0) is 4.79 Å². The molecule has 128 valence electrons. The molecule has 0 aromatic carbocycles. The van der Waals surface area contributed by atoms with E-state index in [1.807, 2.05) is 20.8 Å². The molecule has 24 heavy (non-hydrogen) atoms. The van der Waals surface area contributed by atoms with Crippen LogP contribution in [0.4, 0.5) is 0 Å². The molecule has 1 fully saturated rings. The van der Waals surface area contributed by atoms with Gasteiger partial charge < -0.3 is 10.6 Å². The summed E-state index contributed by atoms with van der Waals surface area (Å²) in [6.07, 6.45) is 2.29. The third-order valence-electron chi connectivity index (χ3n) is 4.23. The number of aryl methyl sites for hydroxylation is 2. The first-order chi connectivity index (χ1) is 11.4. The first-order valence-corrected chi connectivity index (χ1v) is 9.10. The summed E-state index contributed by atoms with van der Waals surface area (Å²) in [7, 11) is 0. The molecule has 0 saturated heterocycles. The van der Waals surface area contributed by atoms with Gasteiger partial charge in [-0.05, 0) is 46.1 Å². The lowest BCUT2D eigenvalue weighted by Crippen LogP contribution is -2.44. The SMILES string of the molecule is CCNC(=O)[C@@H](C)NC(=O)c1sc2nc(C3CC3)nc(C)c2c1C. The van der Waals surface area contributed by atoms with Gasteiger partial charge in [-0.3, -0.25) is 9.59 Å². The lowest BCUT2D eigenvalue weighted by molar-refractivity contribution is -0.122. The predicted molar refractivity (Wildman–Crippen MR) is 94.5 cm³/mol. The molecule has 2 aromatic heterocycles. The van der Waals surface area contributed by atoms with E-state index in [0.29, 0.717) is 17.3 Å². The Hall–Kier alpha value is -2.02. The number of amides is 2. The normalized spacial score (nSPS) is 15.3. The highest BCUT2D eigenvalue weighted by molar-refractivity contribution is 7.20. The Balaban J connectivity index is 1.89. The molecule has 1 atom stereocenters. The molecule has 0 unspecified atom stereocenters. The topological polar surface area (TPSA) is 84.0 Å². The molecule has 0 bridgehead atoms. The summed E-state index contributed by atoms with van der Waals surface area (Å²) in [4.78, 5) is 35.1. The van der Waals surface area contributed by atoms with Crippen molar-refractivity contribution in [2.75, 3.05) is 6.54 Å². The van der Waals surface area contributed by atoms with E-state index < -0.39 is 6.04 Å². The average Bonchev–Trinajstić information content (AvgIpc) is 3.31. The first-order valence-electron chi connectivity index (χ1n) is 8.28. The summed E-state index contributed by atoms with van der Waals surface area (Å²) in [6.45, 7) is 7.95. The van der Waals surface area contributed by atoms with Crippen molar-refractivity contribution >= 4 is 33.4 Å². The molecule has 2 N–H and O–H groups in total. The van der Waals surface area contributed by atoms with Gasteiger partial charge >= 0.3 is 0 Å². The fourth-order valence-electron chi connectivity index (χ4n) is 2.76. The minimum absolute atomic E-state index is 0.184. The van der Waals surface area contributed by atoms with E-state index in [9.17, 15) is 9.59 Å². The maximum Gasteiger partial charge on any atom is 0.262 e. The number of fused-ring (bicyclic) bond motifs is 1. The monoisotopic (exact) mass is 346 g/mol. The van der Waals surface area contributed by atoms with Gasteiger partial charge in [-0.15, -0.1) is 11.3 Å². The van der Waals surface area contributed by atoms with Crippen LogP contribution in [0.15, 0.2) is 0 Å². The molecule has 1 saturated carbocycles. The molecule has 0 spiro atoms. The van der Waals surface area contributed by atoms with Crippen molar-refractivity contribution in [1.29, 1.82) is 0 Å². The van der Waals surface area contributed by atoms with Gasteiger partial charge in [0.1, 0.15) is 16.7 Å². The molecule has 6 nitrogen and oxygen atoms in total. The van der Waals surface area contributed by atoms with Gasteiger partial charge in [-0.1, -0.05) is 0 Å². The van der Waals surface area contributed by atoms with E-state index in [-0.39, 0.29) is 11.8 Å². The van der Waals surface area contributed by atoms with E-state index >= 15 is 0 Å². The maximum absolute atomic E-state index is 12.6. The number of likely N-dealkylation sites (N-methyl/N-ethyl adjacent to an activating group) is 1. The first kappa shape index (κ1) is 16.8. The van der Waals surface area contributed by atoms with E-state index in [4.69, 9.17) is 0 Å². The van der Waals surface area contributed by atoms with Crippen molar-refractivity contribution in [3.63, 3.8) is 0 Å². The number of nitrogens with zero attached hydrogens (tertiary/aromatic N) is 2.